The second-order valence-electron chi connectivity index (χ2n) is 9.48. The van der Waals surface area contributed by atoms with Gasteiger partial charge in [0.05, 0.1) is 40.5 Å². The van der Waals surface area contributed by atoms with E-state index in [1.54, 1.807) is 24.9 Å². The monoisotopic (exact) mass is 491 g/mol. The molecule has 6 rings (SSSR count). The number of aromatic nitrogens is 8. The van der Waals surface area contributed by atoms with E-state index in [4.69, 9.17) is 4.98 Å². The molecule has 0 saturated carbocycles. The first-order chi connectivity index (χ1) is 17.9. The Bertz CT molecular complexity index is 1760. The van der Waals surface area contributed by atoms with Crippen molar-refractivity contribution in [2.45, 2.75) is 27.2 Å². The van der Waals surface area contributed by atoms with Crippen LogP contribution in [0.15, 0.2) is 61.4 Å². The molecule has 5 aromatic heterocycles. The van der Waals surface area contributed by atoms with Gasteiger partial charge in [-0.05, 0) is 37.1 Å². The fourth-order valence-electron chi connectivity index (χ4n) is 4.38. The minimum atomic E-state index is -0.0326. The Kier molecular flexibility index (Phi) is 5.48. The minimum absolute atomic E-state index is 0.0326. The molecule has 5 heterocycles. The summed E-state index contributed by atoms with van der Waals surface area (Å²) in [5.41, 5.74) is 7.27. The number of amides is 1. The summed E-state index contributed by atoms with van der Waals surface area (Å²) >= 11 is 0. The van der Waals surface area contributed by atoms with Crippen LogP contribution in [0.3, 0.4) is 0 Å². The van der Waals surface area contributed by atoms with Crippen molar-refractivity contribution in [2.24, 2.45) is 5.92 Å². The van der Waals surface area contributed by atoms with Gasteiger partial charge in [-0.25, -0.2) is 15.0 Å². The highest BCUT2D eigenvalue weighted by atomic mass is 16.1. The van der Waals surface area contributed by atoms with Crippen molar-refractivity contribution >= 4 is 33.7 Å². The SMILES string of the molecule is Cc1cn(-c2cccc3[nH]c(-c4[nH]nc5ncc(-c6cncc(NC(=O)CC(C)C)c6)cc45)nc23)cn1. The van der Waals surface area contributed by atoms with Gasteiger partial charge in [-0.3, -0.25) is 14.9 Å². The number of hydrogen-bond acceptors (Lipinski definition) is 6. The van der Waals surface area contributed by atoms with Crippen LogP contribution in [0, 0.1) is 12.8 Å². The van der Waals surface area contributed by atoms with E-state index in [1.165, 1.54) is 0 Å². The fraction of sp³-hybridized carbons (Fsp3) is 0.185. The summed E-state index contributed by atoms with van der Waals surface area (Å²) in [6, 6.07) is 9.89. The molecule has 0 aliphatic heterocycles. The van der Waals surface area contributed by atoms with E-state index in [9.17, 15) is 4.79 Å². The van der Waals surface area contributed by atoms with E-state index >= 15 is 0 Å². The Morgan fingerprint density at radius 1 is 1.11 bits per heavy atom. The normalized spacial score (nSPS) is 11.6. The lowest BCUT2D eigenvalue weighted by molar-refractivity contribution is -0.116. The van der Waals surface area contributed by atoms with E-state index in [1.807, 2.05) is 61.9 Å². The van der Waals surface area contributed by atoms with Crippen LogP contribution in [-0.2, 0) is 4.79 Å². The number of aromatic amines is 2. The average molecular weight is 492 g/mol. The molecule has 0 saturated heterocycles. The van der Waals surface area contributed by atoms with Crippen LogP contribution in [0.25, 0.3) is 50.4 Å². The first-order valence-electron chi connectivity index (χ1n) is 12.0. The summed E-state index contributed by atoms with van der Waals surface area (Å²) in [6.07, 6.45) is 9.36. The number of carbonyl (C=O) groups excluding carboxylic acids is 1. The number of imidazole rings is 2. The van der Waals surface area contributed by atoms with Gasteiger partial charge in [0, 0.05) is 36.1 Å². The molecule has 0 aliphatic carbocycles. The summed E-state index contributed by atoms with van der Waals surface area (Å²) in [5.74, 6) is 0.906. The fourth-order valence-corrected chi connectivity index (χ4v) is 4.38. The highest BCUT2D eigenvalue weighted by Crippen LogP contribution is 2.31. The molecule has 3 N–H and O–H groups in total. The number of carbonyl (C=O) groups is 1. The second kappa shape index (κ2) is 8.98. The highest BCUT2D eigenvalue weighted by molar-refractivity contribution is 5.95. The highest BCUT2D eigenvalue weighted by Gasteiger charge is 2.16. The number of para-hydroxylation sites is 1. The number of hydrogen-bond donors (Lipinski definition) is 3. The lowest BCUT2D eigenvalue weighted by atomic mass is 10.1. The third kappa shape index (κ3) is 4.33. The van der Waals surface area contributed by atoms with Gasteiger partial charge in [-0.2, -0.15) is 5.10 Å². The molecule has 0 unspecified atom stereocenters. The van der Waals surface area contributed by atoms with Crippen molar-refractivity contribution < 1.29 is 4.79 Å². The topological polar surface area (TPSA) is 130 Å². The van der Waals surface area contributed by atoms with E-state index in [0.717, 1.165) is 44.6 Å². The number of benzene rings is 1. The van der Waals surface area contributed by atoms with Crippen molar-refractivity contribution in [3.63, 3.8) is 0 Å². The first kappa shape index (κ1) is 22.6. The van der Waals surface area contributed by atoms with Crippen LogP contribution in [0.2, 0.25) is 0 Å². The molecule has 1 aromatic carbocycles. The summed E-state index contributed by atoms with van der Waals surface area (Å²) in [7, 11) is 0. The number of pyridine rings is 2. The summed E-state index contributed by atoms with van der Waals surface area (Å²) in [6.45, 7) is 5.98. The van der Waals surface area contributed by atoms with Gasteiger partial charge in [0.2, 0.25) is 5.91 Å². The maximum absolute atomic E-state index is 12.2. The standard InChI is InChI=1S/C27H25N9O/c1-15(2)7-23(37)31-19-8-17(10-28-12-19)18-9-20-24(34-35-26(20)29-11-18)27-32-21-5-4-6-22(25(21)33-27)36-13-16(3)30-14-36/h4-6,8-15H,7H2,1-3H3,(H,31,37)(H,32,33)(H,29,34,35). The van der Waals surface area contributed by atoms with Crippen LogP contribution in [0.5, 0.6) is 0 Å². The lowest BCUT2D eigenvalue weighted by Gasteiger charge is -2.08. The summed E-state index contributed by atoms with van der Waals surface area (Å²) in [4.78, 5) is 33.7. The van der Waals surface area contributed by atoms with Crippen LogP contribution < -0.4 is 5.32 Å². The quantitative estimate of drug-likeness (QED) is 0.299. The van der Waals surface area contributed by atoms with E-state index in [2.05, 4.69) is 35.5 Å². The molecule has 0 radical (unpaired) electrons. The molecular weight excluding hydrogens is 466 g/mol. The molecule has 0 spiro atoms. The predicted octanol–water partition coefficient (Wildman–Crippen LogP) is 5.04. The third-order valence-electron chi connectivity index (χ3n) is 6.08. The average Bonchev–Trinajstić information content (AvgIpc) is 3.60. The summed E-state index contributed by atoms with van der Waals surface area (Å²) in [5, 5.41) is 11.2. The van der Waals surface area contributed by atoms with E-state index < -0.39 is 0 Å². The van der Waals surface area contributed by atoms with Crippen LogP contribution >= 0.6 is 0 Å². The van der Waals surface area contributed by atoms with Gasteiger partial charge in [-0.15, -0.1) is 0 Å². The maximum atomic E-state index is 12.2. The number of nitrogens with zero attached hydrogens (tertiary/aromatic N) is 6. The first-order valence-corrected chi connectivity index (χ1v) is 12.0. The van der Waals surface area contributed by atoms with Gasteiger partial charge < -0.3 is 14.9 Å². The van der Waals surface area contributed by atoms with Gasteiger partial charge in [0.25, 0.3) is 0 Å². The maximum Gasteiger partial charge on any atom is 0.224 e. The van der Waals surface area contributed by atoms with Crippen molar-refractivity contribution in [1.82, 2.24) is 39.7 Å². The number of anilines is 1. The minimum Gasteiger partial charge on any atom is -0.337 e. The number of rotatable bonds is 6. The number of fused-ring (bicyclic) bond motifs is 2. The molecule has 10 nitrogen and oxygen atoms in total. The Balaban J connectivity index is 1.38. The number of nitrogens with one attached hydrogen (secondary N) is 3. The largest absolute Gasteiger partial charge is 0.337 e. The molecule has 37 heavy (non-hydrogen) atoms. The van der Waals surface area contributed by atoms with Gasteiger partial charge in [-0.1, -0.05) is 19.9 Å². The predicted molar refractivity (Wildman–Crippen MR) is 142 cm³/mol. The molecule has 0 fully saturated rings. The van der Waals surface area contributed by atoms with Crippen molar-refractivity contribution in [1.29, 1.82) is 0 Å². The van der Waals surface area contributed by atoms with Crippen LogP contribution in [0.1, 0.15) is 26.0 Å². The Morgan fingerprint density at radius 3 is 2.78 bits per heavy atom. The van der Waals surface area contributed by atoms with Crippen LogP contribution in [0.4, 0.5) is 5.69 Å². The molecule has 0 bridgehead atoms. The Labute approximate surface area is 212 Å². The lowest BCUT2D eigenvalue weighted by Crippen LogP contribution is -2.13. The smallest absolute Gasteiger partial charge is 0.224 e. The van der Waals surface area contributed by atoms with E-state index in [-0.39, 0.29) is 11.8 Å². The Morgan fingerprint density at radius 2 is 1.97 bits per heavy atom. The number of aryl methyl sites for hydroxylation is 1. The molecular formula is C27H25N9O. The van der Waals surface area contributed by atoms with Crippen molar-refractivity contribution in [3.05, 3.63) is 67.1 Å². The van der Waals surface area contributed by atoms with Gasteiger partial charge >= 0.3 is 0 Å². The van der Waals surface area contributed by atoms with E-state index in [0.29, 0.717) is 23.6 Å². The zero-order valence-corrected chi connectivity index (χ0v) is 20.6. The van der Waals surface area contributed by atoms with Gasteiger partial charge in [0.15, 0.2) is 11.5 Å². The molecule has 6 aromatic rings. The molecule has 0 aliphatic rings. The van der Waals surface area contributed by atoms with Gasteiger partial charge in [0.1, 0.15) is 11.2 Å². The Hall–Kier alpha value is -4.86. The van der Waals surface area contributed by atoms with Crippen molar-refractivity contribution in [3.8, 4) is 28.3 Å². The third-order valence-corrected chi connectivity index (χ3v) is 6.08. The number of H-pyrrole nitrogens is 2. The zero-order valence-electron chi connectivity index (χ0n) is 20.6. The van der Waals surface area contributed by atoms with Crippen molar-refractivity contribution in [2.75, 3.05) is 5.32 Å². The summed E-state index contributed by atoms with van der Waals surface area (Å²) < 4.78 is 1.97. The van der Waals surface area contributed by atoms with Crippen LogP contribution in [-0.4, -0.2) is 45.6 Å². The molecule has 10 heteroatoms. The molecule has 1 amide bonds. The zero-order chi connectivity index (χ0) is 25.5. The molecule has 184 valence electrons. The second-order valence-corrected chi connectivity index (χ2v) is 9.48. The molecule has 0 atom stereocenters.